The van der Waals surface area contributed by atoms with E-state index in [9.17, 15) is 9.18 Å². The van der Waals surface area contributed by atoms with Gasteiger partial charge in [-0.15, -0.1) is 0 Å². The zero-order valence-electron chi connectivity index (χ0n) is 11.6. The molecule has 0 aliphatic carbocycles. The highest BCUT2D eigenvalue weighted by atomic mass is 79.9. The average Bonchev–Trinajstić information content (AvgIpc) is 2.44. The van der Waals surface area contributed by atoms with Crippen LogP contribution in [-0.4, -0.2) is 24.9 Å². The van der Waals surface area contributed by atoms with Crippen molar-refractivity contribution in [3.05, 3.63) is 52.3 Å². The van der Waals surface area contributed by atoms with Crippen LogP contribution in [-0.2, 0) is 0 Å². The van der Waals surface area contributed by atoms with Crippen LogP contribution >= 0.6 is 15.9 Å². The van der Waals surface area contributed by atoms with E-state index in [0.29, 0.717) is 27.2 Å². The van der Waals surface area contributed by atoms with E-state index in [2.05, 4.69) is 15.9 Å². The minimum absolute atomic E-state index is 0.141. The second kappa shape index (κ2) is 6.13. The first-order valence-corrected chi connectivity index (χ1v) is 6.92. The van der Waals surface area contributed by atoms with E-state index in [1.807, 2.05) is 0 Å². The largest absolute Gasteiger partial charge is 0.455 e. The molecular formula is C15H14BrFN2O2. The number of nitrogen functional groups attached to an aromatic ring is 1. The first-order valence-electron chi connectivity index (χ1n) is 6.12. The fourth-order valence-electron chi connectivity index (χ4n) is 1.70. The lowest BCUT2D eigenvalue weighted by atomic mass is 10.1. The maximum Gasteiger partial charge on any atom is 0.253 e. The number of carbonyl (C=O) groups is 1. The Morgan fingerprint density at radius 1 is 1.24 bits per heavy atom. The average molecular weight is 353 g/mol. The molecule has 1 amide bonds. The summed E-state index contributed by atoms with van der Waals surface area (Å²) < 4.78 is 19.1. The third-order valence-corrected chi connectivity index (χ3v) is 3.39. The van der Waals surface area contributed by atoms with Gasteiger partial charge < -0.3 is 15.4 Å². The van der Waals surface area contributed by atoms with Crippen LogP contribution in [0.25, 0.3) is 0 Å². The maximum absolute atomic E-state index is 13.2. The van der Waals surface area contributed by atoms with Crippen molar-refractivity contribution in [2.24, 2.45) is 0 Å². The van der Waals surface area contributed by atoms with E-state index in [4.69, 9.17) is 10.5 Å². The number of hydrogen-bond donors (Lipinski definition) is 1. The van der Waals surface area contributed by atoms with Crippen molar-refractivity contribution in [2.45, 2.75) is 0 Å². The molecule has 2 N–H and O–H groups in total. The molecule has 0 saturated heterocycles. The number of hydrogen-bond acceptors (Lipinski definition) is 3. The number of nitrogens with two attached hydrogens (primary N) is 1. The minimum atomic E-state index is -0.373. The summed E-state index contributed by atoms with van der Waals surface area (Å²) in [6, 6.07) is 9.10. The summed E-state index contributed by atoms with van der Waals surface area (Å²) in [6.45, 7) is 0. The Labute approximate surface area is 130 Å². The number of halogens is 2. The van der Waals surface area contributed by atoms with E-state index < -0.39 is 0 Å². The number of amides is 1. The van der Waals surface area contributed by atoms with E-state index in [1.165, 1.54) is 23.1 Å². The summed E-state index contributed by atoms with van der Waals surface area (Å²) in [4.78, 5) is 13.3. The van der Waals surface area contributed by atoms with Gasteiger partial charge >= 0.3 is 0 Å². The lowest BCUT2D eigenvalue weighted by Gasteiger charge is -2.13. The topological polar surface area (TPSA) is 55.6 Å². The van der Waals surface area contributed by atoms with Gasteiger partial charge in [0.25, 0.3) is 5.91 Å². The predicted molar refractivity (Wildman–Crippen MR) is 83.0 cm³/mol. The highest BCUT2D eigenvalue weighted by Crippen LogP contribution is 2.30. The maximum atomic E-state index is 13.2. The minimum Gasteiger partial charge on any atom is -0.455 e. The van der Waals surface area contributed by atoms with E-state index >= 15 is 0 Å². The van der Waals surface area contributed by atoms with Gasteiger partial charge in [-0.3, -0.25) is 4.79 Å². The summed E-state index contributed by atoms with van der Waals surface area (Å²) in [5, 5.41) is 0. The van der Waals surface area contributed by atoms with Crippen molar-refractivity contribution in [2.75, 3.05) is 19.8 Å². The van der Waals surface area contributed by atoms with Crippen LogP contribution in [0.3, 0.4) is 0 Å². The normalized spacial score (nSPS) is 10.3. The zero-order valence-corrected chi connectivity index (χ0v) is 13.1. The van der Waals surface area contributed by atoms with E-state index in [-0.39, 0.29) is 11.7 Å². The van der Waals surface area contributed by atoms with Gasteiger partial charge in [0.05, 0.1) is 10.2 Å². The third-order valence-electron chi connectivity index (χ3n) is 2.78. The molecule has 0 saturated carbocycles. The fraction of sp³-hybridized carbons (Fsp3) is 0.133. The van der Waals surface area contributed by atoms with Gasteiger partial charge in [-0.25, -0.2) is 4.39 Å². The van der Waals surface area contributed by atoms with Gasteiger partial charge in [-0.2, -0.15) is 0 Å². The Morgan fingerprint density at radius 3 is 2.52 bits per heavy atom. The van der Waals surface area contributed by atoms with Crippen molar-refractivity contribution in [1.82, 2.24) is 4.90 Å². The second-order valence-corrected chi connectivity index (χ2v) is 5.48. The number of anilines is 1. The van der Waals surface area contributed by atoms with Gasteiger partial charge in [0.2, 0.25) is 0 Å². The summed E-state index contributed by atoms with van der Waals surface area (Å²) in [5.74, 6) is 0.338. The summed E-state index contributed by atoms with van der Waals surface area (Å²) in [7, 11) is 3.33. The molecule has 21 heavy (non-hydrogen) atoms. The van der Waals surface area contributed by atoms with Gasteiger partial charge in [0.15, 0.2) is 0 Å². The molecule has 2 rings (SSSR count). The quantitative estimate of drug-likeness (QED) is 0.857. The number of ether oxygens (including phenoxy) is 1. The van der Waals surface area contributed by atoms with E-state index in [0.717, 1.165) is 0 Å². The molecule has 0 aliphatic heterocycles. The van der Waals surface area contributed by atoms with Crippen LogP contribution in [0.5, 0.6) is 11.5 Å². The lowest BCUT2D eigenvalue weighted by Crippen LogP contribution is -2.21. The molecule has 6 heteroatoms. The van der Waals surface area contributed by atoms with E-state index in [1.54, 1.807) is 32.3 Å². The van der Waals surface area contributed by atoms with Crippen molar-refractivity contribution < 1.29 is 13.9 Å². The zero-order chi connectivity index (χ0) is 15.6. The molecule has 0 aliphatic rings. The summed E-state index contributed by atoms with van der Waals surface area (Å²) >= 11 is 3.09. The van der Waals surface area contributed by atoms with Gasteiger partial charge in [0, 0.05) is 19.7 Å². The van der Waals surface area contributed by atoms with Crippen LogP contribution in [0.4, 0.5) is 10.1 Å². The molecule has 2 aromatic carbocycles. The Kier molecular flexibility index (Phi) is 4.47. The lowest BCUT2D eigenvalue weighted by molar-refractivity contribution is 0.0827. The van der Waals surface area contributed by atoms with Crippen LogP contribution in [0, 0.1) is 5.82 Å². The van der Waals surface area contributed by atoms with Crippen molar-refractivity contribution in [3.63, 3.8) is 0 Å². The monoisotopic (exact) mass is 352 g/mol. The van der Waals surface area contributed by atoms with Gasteiger partial charge in [-0.1, -0.05) is 0 Å². The first-order chi connectivity index (χ1) is 9.88. The Bertz CT molecular complexity index is 689. The molecule has 0 spiro atoms. The number of nitrogens with zero attached hydrogens (tertiary/aromatic N) is 1. The molecule has 110 valence electrons. The molecule has 0 heterocycles. The Balaban J connectivity index is 2.25. The molecule has 4 nitrogen and oxygen atoms in total. The van der Waals surface area contributed by atoms with Crippen molar-refractivity contribution in [3.8, 4) is 11.5 Å². The molecule has 2 aromatic rings. The van der Waals surface area contributed by atoms with Crippen molar-refractivity contribution >= 4 is 27.5 Å². The molecule has 0 atom stereocenters. The highest BCUT2D eigenvalue weighted by Gasteiger charge is 2.11. The highest BCUT2D eigenvalue weighted by molar-refractivity contribution is 9.10. The summed E-state index contributed by atoms with van der Waals surface area (Å²) in [5.41, 5.74) is 6.71. The van der Waals surface area contributed by atoms with Crippen LogP contribution < -0.4 is 10.5 Å². The molecule has 0 unspecified atom stereocenters. The molecule has 0 aromatic heterocycles. The van der Waals surface area contributed by atoms with Crippen LogP contribution in [0.2, 0.25) is 0 Å². The molecule has 0 bridgehead atoms. The third kappa shape index (κ3) is 3.52. The number of carbonyl (C=O) groups excluding carboxylic acids is 1. The SMILES string of the molecule is CN(C)C(=O)c1ccc(Oc2ccc(F)c(Br)c2)c(N)c1. The second-order valence-electron chi connectivity index (χ2n) is 4.63. The standard InChI is InChI=1S/C15H14BrFN2O2/c1-19(2)15(20)9-3-6-14(13(18)7-9)21-10-4-5-12(17)11(16)8-10/h3-8H,18H2,1-2H3. The van der Waals surface area contributed by atoms with Gasteiger partial charge in [-0.05, 0) is 52.3 Å². The Hall–Kier alpha value is -2.08. The van der Waals surface area contributed by atoms with Gasteiger partial charge in [0.1, 0.15) is 17.3 Å². The number of benzene rings is 2. The number of rotatable bonds is 3. The molecule has 0 fully saturated rings. The Morgan fingerprint density at radius 2 is 1.95 bits per heavy atom. The summed E-state index contributed by atoms with van der Waals surface area (Å²) in [6.07, 6.45) is 0. The molecule has 0 radical (unpaired) electrons. The first kappa shape index (κ1) is 15.3. The van der Waals surface area contributed by atoms with Crippen LogP contribution in [0.15, 0.2) is 40.9 Å². The smallest absolute Gasteiger partial charge is 0.253 e. The molecular weight excluding hydrogens is 339 g/mol. The van der Waals surface area contributed by atoms with Crippen LogP contribution in [0.1, 0.15) is 10.4 Å². The fourth-order valence-corrected chi connectivity index (χ4v) is 2.06. The predicted octanol–water partition coefficient (Wildman–Crippen LogP) is 3.66. The van der Waals surface area contributed by atoms with Crippen molar-refractivity contribution in [1.29, 1.82) is 0 Å².